The molecular weight excluding hydrogens is 176 g/mol. The van der Waals surface area contributed by atoms with Crippen molar-refractivity contribution in [2.24, 2.45) is 0 Å². The Morgan fingerprint density at radius 3 is 2.67 bits per heavy atom. The van der Waals surface area contributed by atoms with Crippen molar-refractivity contribution in [3.8, 4) is 0 Å². The predicted octanol–water partition coefficient (Wildman–Crippen LogP) is 1.67. The normalized spacial score (nSPS) is 27.1. The monoisotopic (exact) mass is 182 g/mol. The quantitative estimate of drug-likeness (QED) is 0.620. The average molecular weight is 183 g/mol. The number of rotatable bonds is 1. The number of aromatic nitrogens is 2. The first-order valence-corrected chi connectivity index (χ1v) is 4.05. The standard InChI is InChI=1S/C8H7ClN2O/c9-7-6(2-5-12-7)8-10-3-1-4-11-8/h1-7H. The number of hydrogen-bond acceptors (Lipinski definition) is 3. The lowest BCUT2D eigenvalue weighted by molar-refractivity contribution is 0.228. The minimum atomic E-state index is -0.368. The molecule has 0 aliphatic carbocycles. The Kier molecular flexibility index (Phi) is 1.96. The smallest absolute Gasteiger partial charge is 0.184 e. The van der Waals surface area contributed by atoms with Gasteiger partial charge >= 0.3 is 0 Å². The van der Waals surface area contributed by atoms with E-state index in [1.165, 1.54) is 0 Å². The maximum absolute atomic E-state index is 5.85. The molecule has 2 heterocycles. The second-order valence-electron chi connectivity index (χ2n) is 2.45. The van der Waals surface area contributed by atoms with Crippen LogP contribution in [0.15, 0.2) is 30.8 Å². The van der Waals surface area contributed by atoms with E-state index in [1.807, 2.05) is 6.08 Å². The molecule has 2 atom stereocenters. The van der Waals surface area contributed by atoms with Gasteiger partial charge in [0.25, 0.3) is 0 Å². The van der Waals surface area contributed by atoms with Crippen LogP contribution in [0.1, 0.15) is 11.7 Å². The van der Waals surface area contributed by atoms with Gasteiger partial charge in [-0.3, -0.25) is 0 Å². The first-order valence-electron chi connectivity index (χ1n) is 3.61. The summed E-state index contributed by atoms with van der Waals surface area (Å²) in [6.45, 7) is 0. The van der Waals surface area contributed by atoms with E-state index in [0.29, 0.717) is 5.82 Å². The Hall–Kier alpha value is -1.09. The molecule has 2 rings (SSSR count). The summed E-state index contributed by atoms with van der Waals surface area (Å²) in [5.41, 5.74) is -0.368. The summed E-state index contributed by atoms with van der Waals surface area (Å²) in [4.78, 5) is 8.17. The minimum Gasteiger partial charge on any atom is -0.482 e. The molecule has 2 unspecified atom stereocenters. The van der Waals surface area contributed by atoms with Gasteiger partial charge in [0.1, 0.15) is 5.82 Å². The van der Waals surface area contributed by atoms with E-state index in [0.717, 1.165) is 0 Å². The van der Waals surface area contributed by atoms with Crippen molar-refractivity contribution >= 4 is 11.6 Å². The van der Waals surface area contributed by atoms with E-state index in [9.17, 15) is 0 Å². The summed E-state index contributed by atoms with van der Waals surface area (Å²) in [7, 11) is 0. The Labute approximate surface area is 75.1 Å². The highest BCUT2D eigenvalue weighted by atomic mass is 35.5. The van der Waals surface area contributed by atoms with Crippen LogP contribution >= 0.6 is 11.6 Å². The van der Waals surface area contributed by atoms with Gasteiger partial charge in [-0.15, -0.1) is 0 Å². The molecule has 3 nitrogen and oxygen atoms in total. The Morgan fingerprint density at radius 1 is 1.33 bits per heavy atom. The number of nitrogens with zero attached hydrogens (tertiary/aromatic N) is 2. The van der Waals surface area contributed by atoms with Gasteiger partial charge in [0.2, 0.25) is 0 Å². The van der Waals surface area contributed by atoms with Crippen LogP contribution in [0.3, 0.4) is 0 Å². The van der Waals surface area contributed by atoms with Crippen molar-refractivity contribution in [2.45, 2.75) is 11.5 Å². The Morgan fingerprint density at radius 2 is 2.08 bits per heavy atom. The zero-order chi connectivity index (χ0) is 8.39. The summed E-state index contributed by atoms with van der Waals surface area (Å²) in [5.74, 6) is 0.680. The molecule has 1 aromatic rings. The van der Waals surface area contributed by atoms with E-state index < -0.39 is 0 Å². The highest BCUT2D eigenvalue weighted by molar-refractivity contribution is 6.20. The van der Waals surface area contributed by atoms with Crippen molar-refractivity contribution in [3.63, 3.8) is 0 Å². The molecule has 1 aliphatic rings. The maximum Gasteiger partial charge on any atom is 0.184 e. The molecule has 0 bridgehead atoms. The predicted molar refractivity (Wildman–Crippen MR) is 44.6 cm³/mol. The molecule has 1 aromatic heterocycles. The van der Waals surface area contributed by atoms with Gasteiger partial charge in [-0.05, 0) is 12.1 Å². The Balaban J connectivity index is 2.25. The molecular formula is C8H7ClN2O. The Bertz CT molecular complexity index is 288. The highest BCUT2D eigenvalue weighted by Crippen LogP contribution is 2.27. The van der Waals surface area contributed by atoms with Crippen molar-refractivity contribution < 1.29 is 4.74 Å². The molecule has 0 spiro atoms. The molecule has 0 amide bonds. The summed E-state index contributed by atoms with van der Waals surface area (Å²) < 4.78 is 5.02. The van der Waals surface area contributed by atoms with Crippen molar-refractivity contribution in [1.82, 2.24) is 9.97 Å². The third-order valence-corrected chi connectivity index (χ3v) is 2.04. The van der Waals surface area contributed by atoms with Crippen molar-refractivity contribution in [3.05, 3.63) is 36.6 Å². The van der Waals surface area contributed by atoms with Gasteiger partial charge in [0.05, 0.1) is 12.2 Å². The second kappa shape index (κ2) is 3.11. The first kappa shape index (κ1) is 7.55. The van der Waals surface area contributed by atoms with E-state index in [2.05, 4.69) is 9.97 Å². The SMILES string of the molecule is ClC1OC=CC1c1ncccn1. The van der Waals surface area contributed by atoms with Crippen LogP contribution in [0.25, 0.3) is 0 Å². The van der Waals surface area contributed by atoms with Crippen molar-refractivity contribution in [1.29, 1.82) is 0 Å². The van der Waals surface area contributed by atoms with E-state index in [-0.39, 0.29) is 11.5 Å². The van der Waals surface area contributed by atoms with Crippen LogP contribution in [-0.2, 0) is 4.74 Å². The molecule has 0 N–H and O–H groups in total. The zero-order valence-corrected chi connectivity index (χ0v) is 6.98. The highest BCUT2D eigenvalue weighted by Gasteiger charge is 2.25. The van der Waals surface area contributed by atoms with Crippen LogP contribution in [0.5, 0.6) is 0 Å². The number of halogens is 1. The molecule has 1 aliphatic heterocycles. The van der Waals surface area contributed by atoms with Crippen LogP contribution in [0, 0.1) is 0 Å². The van der Waals surface area contributed by atoms with Gasteiger partial charge in [0.15, 0.2) is 5.56 Å². The molecule has 4 heteroatoms. The van der Waals surface area contributed by atoms with E-state index >= 15 is 0 Å². The number of ether oxygens (including phenoxy) is 1. The lowest BCUT2D eigenvalue weighted by Gasteiger charge is -2.09. The zero-order valence-electron chi connectivity index (χ0n) is 6.22. The fraction of sp³-hybridized carbons (Fsp3) is 0.250. The van der Waals surface area contributed by atoms with Gasteiger partial charge < -0.3 is 4.74 Å². The summed E-state index contributed by atoms with van der Waals surface area (Å²) in [5, 5.41) is 0. The molecule has 0 aromatic carbocycles. The van der Waals surface area contributed by atoms with Crippen LogP contribution in [0.2, 0.25) is 0 Å². The van der Waals surface area contributed by atoms with Gasteiger partial charge in [0, 0.05) is 12.4 Å². The second-order valence-corrected chi connectivity index (χ2v) is 2.88. The van der Waals surface area contributed by atoms with Crippen molar-refractivity contribution in [2.75, 3.05) is 0 Å². The third kappa shape index (κ3) is 1.28. The topological polar surface area (TPSA) is 35.0 Å². The van der Waals surface area contributed by atoms with Gasteiger partial charge in [-0.1, -0.05) is 11.6 Å². The number of alkyl halides is 1. The summed E-state index contributed by atoms with van der Waals surface area (Å²) in [6.07, 6.45) is 6.82. The third-order valence-electron chi connectivity index (χ3n) is 1.66. The lowest BCUT2D eigenvalue weighted by atomic mass is 10.1. The average Bonchev–Trinajstić information content (AvgIpc) is 2.53. The van der Waals surface area contributed by atoms with Gasteiger partial charge in [-0.25, -0.2) is 9.97 Å². The fourth-order valence-corrected chi connectivity index (χ4v) is 1.32. The molecule has 12 heavy (non-hydrogen) atoms. The molecule has 62 valence electrons. The lowest BCUT2D eigenvalue weighted by Crippen LogP contribution is -2.10. The van der Waals surface area contributed by atoms with E-state index in [1.54, 1.807) is 24.7 Å². The van der Waals surface area contributed by atoms with Gasteiger partial charge in [-0.2, -0.15) is 0 Å². The van der Waals surface area contributed by atoms with Crippen LogP contribution in [0.4, 0.5) is 0 Å². The van der Waals surface area contributed by atoms with Crippen LogP contribution < -0.4 is 0 Å². The van der Waals surface area contributed by atoms with Crippen LogP contribution in [-0.4, -0.2) is 15.5 Å². The maximum atomic E-state index is 5.85. The fourth-order valence-electron chi connectivity index (χ4n) is 1.06. The minimum absolute atomic E-state index is 0.0205. The summed E-state index contributed by atoms with van der Waals surface area (Å²) >= 11 is 5.85. The van der Waals surface area contributed by atoms with E-state index in [4.69, 9.17) is 16.3 Å². The number of hydrogen-bond donors (Lipinski definition) is 0. The molecule has 0 saturated heterocycles. The molecule has 0 fully saturated rings. The summed E-state index contributed by atoms with van der Waals surface area (Å²) in [6, 6.07) is 1.77. The first-order chi connectivity index (χ1) is 5.88. The molecule has 0 saturated carbocycles. The largest absolute Gasteiger partial charge is 0.482 e. The molecule has 0 radical (unpaired) electrons.